The maximum absolute atomic E-state index is 12.7. The van der Waals surface area contributed by atoms with Crippen LogP contribution in [0.3, 0.4) is 0 Å². The van der Waals surface area contributed by atoms with Crippen LogP contribution in [-0.2, 0) is 20.7 Å². The van der Waals surface area contributed by atoms with Crippen LogP contribution >= 0.6 is 0 Å². The molecular weight excluding hydrogens is 524 g/mol. The molecule has 2 aromatic carbocycles. The Morgan fingerprint density at radius 2 is 1.71 bits per heavy atom. The summed E-state index contributed by atoms with van der Waals surface area (Å²) in [5.74, 6) is 0.543. The monoisotopic (exact) mass is 568 g/mol. The van der Waals surface area contributed by atoms with Gasteiger partial charge in [0.25, 0.3) is 0 Å². The first-order valence-corrected chi connectivity index (χ1v) is 14.9. The number of anilines is 1. The minimum absolute atomic E-state index is 0.116. The Hall–Kier alpha value is -3.90. The normalized spacial score (nSPS) is 15.1. The summed E-state index contributed by atoms with van der Waals surface area (Å²) < 4.78 is 17.9. The lowest BCUT2D eigenvalue weighted by molar-refractivity contribution is -0.142. The number of rotatable bonds is 13. The maximum atomic E-state index is 12.7. The van der Waals surface area contributed by atoms with Crippen molar-refractivity contribution in [3.8, 4) is 16.9 Å². The first-order chi connectivity index (χ1) is 20.3. The van der Waals surface area contributed by atoms with Gasteiger partial charge in [-0.1, -0.05) is 54.6 Å². The van der Waals surface area contributed by atoms with Crippen LogP contribution in [0.2, 0.25) is 0 Å². The average Bonchev–Trinajstić information content (AvgIpc) is 2.99. The van der Waals surface area contributed by atoms with Crippen molar-refractivity contribution in [2.75, 3.05) is 31.2 Å². The van der Waals surface area contributed by atoms with Crippen molar-refractivity contribution in [1.82, 2.24) is 4.98 Å². The molecule has 0 radical (unpaired) electrons. The number of hydrogen-bond donors (Lipinski definition) is 0. The van der Waals surface area contributed by atoms with Gasteiger partial charge in [-0.2, -0.15) is 0 Å². The summed E-state index contributed by atoms with van der Waals surface area (Å²) in [5.41, 5.74) is 6.72. The van der Waals surface area contributed by atoms with E-state index in [1.54, 1.807) is 6.08 Å². The van der Waals surface area contributed by atoms with Crippen LogP contribution in [0.5, 0.6) is 5.75 Å². The van der Waals surface area contributed by atoms with Crippen molar-refractivity contribution in [3.05, 3.63) is 102 Å². The van der Waals surface area contributed by atoms with E-state index in [0.717, 1.165) is 71.0 Å². The molecule has 0 aliphatic carbocycles. The van der Waals surface area contributed by atoms with Gasteiger partial charge >= 0.3 is 5.97 Å². The Labute approximate surface area is 251 Å². The van der Waals surface area contributed by atoms with E-state index in [0.29, 0.717) is 19.6 Å². The van der Waals surface area contributed by atoms with Crippen molar-refractivity contribution in [3.63, 3.8) is 0 Å². The van der Waals surface area contributed by atoms with E-state index in [9.17, 15) is 4.79 Å². The molecule has 0 bridgehead atoms. The maximum Gasteiger partial charge on any atom is 0.310 e. The molecule has 4 rings (SSSR count). The fraction of sp³-hybridized carbons (Fsp3) is 0.389. The van der Waals surface area contributed by atoms with Crippen LogP contribution in [0.1, 0.15) is 61.7 Å². The van der Waals surface area contributed by atoms with Crippen LogP contribution in [0.15, 0.2) is 79.9 Å². The molecule has 0 N–H and O–H groups in total. The molecule has 1 aliphatic heterocycles. The van der Waals surface area contributed by atoms with Gasteiger partial charge in [-0.3, -0.25) is 9.78 Å². The lowest BCUT2D eigenvalue weighted by Gasteiger charge is -2.41. The second-order valence-electron chi connectivity index (χ2n) is 11.1. The minimum Gasteiger partial charge on any atom is -0.485 e. The van der Waals surface area contributed by atoms with E-state index in [2.05, 4.69) is 49.2 Å². The van der Waals surface area contributed by atoms with Crippen LogP contribution in [0, 0.1) is 13.8 Å². The van der Waals surface area contributed by atoms with Gasteiger partial charge in [-0.05, 0) is 63.8 Å². The zero-order valence-electron chi connectivity index (χ0n) is 25.5. The van der Waals surface area contributed by atoms with Crippen molar-refractivity contribution >= 4 is 11.7 Å². The fourth-order valence-corrected chi connectivity index (χ4v) is 5.67. The van der Waals surface area contributed by atoms with Gasteiger partial charge in [0.15, 0.2) is 0 Å². The number of esters is 1. The first-order valence-electron chi connectivity index (χ1n) is 14.9. The van der Waals surface area contributed by atoms with Crippen molar-refractivity contribution < 1.29 is 19.0 Å². The highest BCUT2D eigenvalue weighted by atomic mass is 16.5. The molecule has 1 fully saturated rings. The number of carbonyl (C=O) groups is 1. The first kappa shape index (κ1) is 31.0. The number of ether oxygens (including phenoxy) is 3. The summed E-state index contributed by atoms with van der Waals surface area (Å²) in [6.07, 6.45) is 6.20. The van der Waals surface area contributed by atoms with Crippen molar-refractivity contribution in [2.24, 2.45) is 0 Å². The summed E-state index contributed by atoms with van der Waals surface area (Å²) in [6.45, 7) is 18.3. The standard InChI is InChI=1S/C36H44N2O4/c1-7-13-32(28-14-11-10-12-15-28)42-30-18-16-29(17-19-30)34-27(5)37-26(4)31(25-33(39)40-9-3)35(34)38-22-20-36(6,21-23-38)41-24-8-2/h7-8,10-12,14-19,32H,1-2,9,13,20-25H2,3-6H3. The number of aromatic nitrogens is 1. The lowest BCUT2D eigenvalue weighted by Crippen LogP contribution is -2.45. The smallest absolute Gasteiger partial charge is 0.310 e. The van der Waals surface area contributed by atoms with Gasteiger partial charge < -0.3 is 19.1 Å². The Bertz CT molecular complexity index is 1360. The van der Waals surface area contributed by atoms with Gasteiger partial charge in [-0.25, -0.2) is 0 Å². The molecule has 6 heteroatoms. The van der Waals surface area contributed by atoms with Gasteiger partial charge in [0.05, 0.1) is 30.9 Å². The summed E-state index contributed by atoms with van der Waals surface area (Å²) in [6, 6.07) is 18.4. The molecule has 1 saturated heterocycles. The average molecular weight is 569 g/mol. The zero-order chi connectivity index (χ0) is 30.1. The molecule has 1 unspecified atom stereocenters. The van der Waals surface area contributed by atoms with Crippen LogP contribution in [-0.4, -0.2) is 42.9 Å². The van der Waals surface area contributed by atoms with Gasteiger partial charge in [0.1, 0.15) is 11.9 Å². The molecule has 0 spiro atoms. The van der Waals surface area contributed by atoms with Gasteiger partial charge in [0, 0.05) is 42.0 Å². The third kappa shape index (κ3) is 7.48. The zero-order valence-corrected chi connectivity index (χ0v) is 25.5. The number of aryl methyl sites for hydroxylation is 2. The second-order valence-corrected chi connectivity index (χ2v) is 11.1. The molecule has 6 nitrogen and oxygen atoms in total. The molecule has 3 aromatic rings. The highest BCUT2D eigenvalue weighted by molar-refractivity contribution is 5.87. The largest absolute Gasteiger partial charge is 0.485 e. The number of pyridine rings is 1. The number of hydrogen-bond acceptors (Lipinski definition) is 6. The van der Waals surface area contributed by atoms with E-state index < -0.39 is 0 Å². The summed E-state index contributed by atoms with van der Waals surface area (Å²) in [7, 11) is 0. The van der Waals surface area contributed by atoms with Crippen LogP contribution < -0.4 is 9.64 Å². The SMILES string of the molecule is C=CCOC1(C)CCN(c2c(CC(=O)OCC)c(C)nc(C)c2-c2ccc(OC(CC=C)c3ccccc3)cc2)CC1. The van der Waals surface area contributed by atoms with E-state index in [1.807, 2.05) is 57.2 Å². The molecule has 1 aliphatic rings. The highest BCUT2D eigenvalue weighted by Crippen LogP contribution is 2.41. The minimum atomic E-state index is -0.243. The van der Waals surface area contributed by atoms with Gasteiger partial charge in [-0.15, -0.1) is 13.2 Å². The number of benzene rings is 2. The quantitative estimate of drug-likeness (QED) is 0.155. The van der Waals surface area contributed by atoms with Crippen LogP contribution in [0.4, 0.5) is 5.69 Å². The molecule has 0 amide bonds. The molecule has 0 saturated carbocycles. The fourth-order valence-electron chi connectivity index (χ4n) is 5.67. The third-order valence-electron chi connectivity index (χ3n) is 7.94. The van der Waals surface area contributed by atoms with E-state index in [1.165, 1.54) is 0 Å². The van der Waals surface area contributed by atoms with Crippen molar-refractivity contribution in [1.29, 1.82) is 0 Å². The Balaban J connectivity index is 1.70. The predicted octanol–water partition coefficient (Wildman–Crippen LogP) is 7.73. The molecule has 1 aromatic heterocycles. The van der Waals surface area contributed by atoms with E-state index >= 15 is 0 Å². The summed E-state index contributed by atoms with van der Waals surface area (Å²) in [4.78, 5) is 20.1. The molecule has 2 heterocycles. The summed E-state index contributed by atoms with van der Waals surface area (Å²) >= 11 is 0. The highest BCUT2D eigenvalue weighted by Gasteiger charge is 2.33. The van der Waals surface area contributed by atoms with E-state index in [4.69, 9.17) is 19.2 Å². The third-order valence-corrected chi connectivity index (χ3v) is 7.94. The van der Waals surface area contributed by atoms with E-state index in [-0.39, 0.29) is 24.1 Å². The second kappa shape index (κ2) is 14.3. The molecule has 1 atom stereocenters. The van der Waals surface area contributed by atoms with Crippen LogP contribution in [0.25, 0.3) is 11.1 Å². The number of piperidine rings is 1. The molecule has 222 valence electrons. The van der Waals surface area contributed by atoms with Crippen molar-refractivity contribution in [2.45, 2.75) is 65.1 Å². The Morgan fingerprint density at radius 3 is 2.33 bits per heavy atom. The predicted molar refractivity (Wildman–Crippen MR) is 170 cm³/mol. The molecular formula is C36H44N2O4. The number of nitrogens with zero attached hydrogens (tertiary/aromatic N) is 2. The van der Waals surface area contributed by atoms with Gasteiger partial charge in [0.2, 0.25) is 0 Å². The lowest BCUT2D eigenvalue weighted by atomic mass is 9.90. The summed E-state index contributed by atoms with van der Waals surface area (Å²) in [5, 5.41) is 0. The Morgan fingerprint density at radius 1 is 1.02 bits per heavy atom. The number of carbonyl (C=O) groups excluding carboxylic acids is 1. The molecule has 42 heavy (non-hydrogen) atoms. The Kier molecular flexibility index (Phi) is 10.6. The topological polar surface area (TPSA) is 60.9 Å².